The first-order chi connectivity index (χ1) is 9.54. The molecule has 2 aromatic heterocycles. The van der Waals surface area contributed by atoms with Crippen molar-refractivity contribution in [1.29, 1.82) is 0 Å². The molecule has 3 N–H and O–H groups in total. The molecule has 0 saturated carbocycles. The van der Waals surface area contributed by atoms with Gasteiger partial charge in [-0.1, -0.05) is 0 Å². The van der Waals surface area contributed by atoms with Gasteiger partial charge in [0, 0.05) is 17.0 Å². The molecule has 7 heteroatoms. The molecule has 102 valence electrons. The number of nitrogens with two attached hydrogens (primary N) is 1. The summed E-state index contributed by atoms with van der Waals surface area (Å²) in [6.45, 7) is 0. The predicted molar refractivity (Wildman–Crippen MR) is 84.4 cm³/mol. The topological polar surface area (TPSA) is 54.7 Å². The Balaban J connectivity index is 2.21. The molecule has 3 aromatic rings. The fourth-order valence-corrected chi connectivity index (χ4v) is 3.33. The first kappa shape index (κ1) is 13.5. The van der Waals surface area contributed by atoms with E-state index >= 15 is 0 Å². The normalized spacial score (nSPS) is 10.9. The molecule has 3 rings (SSSR count). The molecule has 20 heavy (non-hydrogen) atoms. The van der Waals surface area contributed by atoms with Gasteiger partial charge in [-0.3, -0.25) is 5.10 Å². The van der Waals surface area contributed by atoms with E-state index in [0.717, 1.165) is 14.5 Å². The van der Waals surface area contributed by atoms with E-state index in [9.17, 15) is 8.78 Å². The van der Waals surface area contributed by atoms with Crippen LogP contribution in [0.25, 0.3) is 22.4 Å². The van der Waals surface area contributed by atoms with E-state index in [0.29, 0.717) is 16.8 Å². The van der Waals surface area contributed by atoms with Crippen molar-refractivity contribution < 1.29 is 8.78 Å². The first-order valence-corrected chi connectivity index (χ1v) is 7.55. The molecule has 2 heterocycles. The average molecular weight is 403 g/mol. The molecule has 0 saturated heterocycles. The summed E-state index contributed by atoms with van der Waals surface area (Å²) in [6, 6.07) is 5.26. The average Bonchev–Trinajstić information content (AvgIpc) is 2.94. The number of aromatic nitrogens is 2. The number of benzene rings is 1. The Labute approximate surface area is 131 Å². The third-order valence-electron chi connectivity index (χ3n) is 2.80. The van der Waals surface area contributed by atoms with Crippen LogP contribution in [0.1, 0.15) is 0 Å². The lowest BCUT2D eigenvalue weighted by Crippen LogP contribution is -1.90. The highest BCUT2D eigenvalue weighted by molar-refractivity contribution is 14.1. The molecule has 0 unspecified atom stereocenters. The van der Waals surface area contributed by atoms with Crippen LogP contribution in [-0.2, 0) is 0 Å². The van der Waals surface area contributed by atoms with Gasteiger partial charge in [-0.25, -0.2) is 8.78 Å². The second-order valence-electron chi connectivity index (χ2n) is 4.16. The number of anilines is 1. The molecule has 0 aliphatic heterocycles. The maximum atomic E-state index is 13.4. The van der Waals surface area contributed by atoms with Gasteiger partial charge < -0.3 is 5.73 Å². The molecule has 0 bridgehead atoms. The molecule has 0 radical (unpaired) electrons. The summed E-state index contributed by atoms with van der Waals surface area (Å²) in [5.41, 5.74) is 8.26. The Bertz CT molecular complexity index is 762. The molecule has 0 aliphatic carbocycles. The smallest absolute Gasteiger partial charge is 0.153 e. The highest BCUT2D eigenvalue weighted by Gasteiger charge is 2.17. The highest BCUT2D eigenvalue weighted by atomic mass is 127. The van der Waals surface area contributed by atoms with E-state index in [1.165, 1.54) is 12.1 Å². The Morgan fingerprint density at radius 2 is 1.80 bits per heavy atom. The molecule has 0 fully saturated rings. The number of nitrogen functional groups attached to an aromatic ring is 1. The summed E-state index contributed by atoms with van der Waals surface area (Å²) >= 11 is 3.77. The third kappa shape index (κ3) is 2.42. The molecular weight excluding hydrogens is 395 g/mol. The number of aromatic amines is 1. The van der Waals surface area contributed by atoms with Crippen molar-refractivity contribution in [1.82, 2.24) is 10.2 Å². The van der Waals surface area contributed by atoms with Gasteiger partial charge in [0.1, 0.15) is 11.6 Å². The zero-order valence-electron chi connectivity index (χ0n) is 9.95. The van der Waals surface area contributed by atoms with Crippen LogP contribution in [0.5, 0.6) is 0 Å². The fourth-order valence-electron chi connectivity index (χ4n) is 2.00. The number of halogens is 3. The standard InChI is InChI=1S/C13H8F2IN3S/c14-8-1-6(2-9(15)4-8)11-12(18-19-13(11)17)7-3-10(16)20-5-7/h1-5H,(H3,17,18,19). The van der Waals surface area contributed by atoms with E-state index in [-0.39, 0.29) is 5.82 Å². The number of hydrogen-bond donors (Lipinski definition) is 2. The second kappa shape index (κ2) is 5.13. The zero-order valence-corrected chi connectivity index (χ0v) is 12.9. The largest absolute Gasteiger partial charge is 0.382 e. The number of hydrogen-bond acceptors (Lipinski definition) is 3. The monoisotopic (exact) mass is 403 g/mol. The van der Waals surface area contributed by atoms with Crippen molar-refractivity contribution in [2.45, 2.75) is 0 Å². The minimum Gasteiger partial charge on any atom is -0.382 e. The van der Waals surface area contributed by atoms with Gasteiger partial charge in [0.25, 0.3) is 0 Å². The highest BCUT2D eigenvalue weighted by Crippen LogP contribution is 2.37. The van der Waals surface area contributed by atoms with Crippen LogP contribution in [0.15, 0.2) is 29.6 Å². The van der Waals surface area contributed by atoms with Crippen LogP contribution in [0, 0.1) is 14.5 Å². The number of nitrogens with one attached hydrogen (secondary N) is 1. The first-order valence-electron chi connectivity index (χ1n) is 5.59. The SMILES string of the molecule is Nc1n[nH]c(-c2csc(I)c2)c1-c1cc(F)cc(F)c1. The van der Waals surface area contributed by atoms with E-state index in [4.69, 9.17) is 5.73 Å². The molecule has 0 amide bonds. The van der Waals surface area contributed by atoms with Crippen LogP contribution in [0.4, 0.5) is 14.6 Å². The summed E-state index contributed by atoms with van der Waals surface area (Å²) in [5.74, 6) is -1.08. The minimum atomic E-state index is -0.647. The number of thiophene rings is 1. The minimum absolute atomic E-state index is 0.214. The van der Waals surface area contributed by atoms with Gasteiger partial charge in [-0.05, 0) is 46.4 Å². The summed E-state index contributed by atoms with van der Waals surface area (Å²) in [6.07, 6.45) is 0. The maximum absolute atomic E-state index is 13.4. The zero-order chi connectivity index (χ0) is 14.3. The van der Waals surface area contributed by atoms with Gasteiger partial charge in [0.05, 0.1) is 14.1 Å². The van der Waals surface area contributed by atoms with Crippen molar-refractivity contribution in [2.24, 2.45) is 0 Å². The fraction of sp³-hybridized carbons (Fsp3) is 0. The number of H-pyrrole nitrogens is 1. The van der Waals surface area contributed by atoms with Crippen molar-refractivity contribution in [3.8, 4) is 22.4 Å². The molecule has 0 aliphatic rings. The van der Waals surface area contributed by atoms with Gasteiger partial charge in [-0.2, -0.15) is 5.10 Å². The lowest BCUT2D eigenvalue weighted by molar-refractivity contribution is 0.584. The summed E-state index contributed by atoms with van der Waals surface area (Å²) in [4.78, 5) is 0. The Kier molecular flexibility index (Phi) is 3.47. The lowest BCUT2D eigenvalue weighted by atomic mass is 10.0. The molecule has 0 spiro atoms. The van der Waals surface area contributed by atoms with Gasteiger partial charge in [0.15, 0.2) is 5.82 Å². The van der Waals surface area contributed by atoms with Crippen LogP contribution in [0.3, 0.4) is 0 Å². The van der Waals surface area contributed by atoms with Crippen LogP contribution >= 0.6 is 33.9 Å². The van der Waals surface area contributed by atoms with Crippen molar-refractivity contribution in [3.63, 3.8) is 0 Å². The molecule has 1 aromatic carbocycles. The lowest BCUT2D eigenvalue weighted by Gasteiger charge is -2.04. The summed E-state index contributed by atoms with van der Waals surface area (Å²) < 4.78 is 27.9. The molecule has 3 nitrogen and oxygen atoms in total. The Morgan fingerprint density at radius 1 is 1.10 bits per heavy atom. The van der Waals surface area contributed by atoms with E-state index in [1.807, 2.05) is 11.4 Å². The third-order valence-corrected chi connectivity index (χ3v) is 4.59. The molecule has 0 atom stereocenters. The Morgan fingerprint density at radius 3 is 2.40 bits per heavy atom. The van der Waals surface area contributed by atoms with Crippen molar-refractivity contribution in [3.05, 3.63) is 44.2 Å². The van der Waals surface area contributed by atoms with Crippen LogP contribution in [0.2, 0.25) is 0 Å². The van der Waals surface area contributed by atoms with Crippen LogP contribution < -0.4 is 5.73 Å². The quantitative estimate of drug-likeness (QED) is 0.628. The summed E-state index contributed by atoms with van der Waals surface area (Å²) in [5, 5.41) is 8.71. The van der Waals surface area contributed by atoms with E-state index < -0.39 is 11.6 Å². The molecular formula is C13H8F2IN3S. The maximum Gasteiger partial charge on any atom is 0.153 e. The van der Waals surface area contributed by atoms with Crippen molar-refractivity contribution >= 4 is 39.7 Å². The number of nitrogens with zero attached hydrogens (tertiary/aromatic N) is 1. The van der Waals surface area contributed by atoms with Crippen LogP contribution in [-0.4, -0.2) is 10.2 Å². The van der Waals surface area contributed by atoms with E-state index in [2.05, 4.69) is 32.8 Å². The van der Waals surface area contributed by atoms with E-state index in [1.54, 1.807) is 11.3 Å². The second-order valence-corrected chi connectivity index (χ2v) is 6.96. The van der Waals surface area contributed by atoms with Gasteiger partial charge >= 0.3 is 0 Å². The van der Waals surface area contributed by atoms with Gasteiger partial charge in [-0.15, -0.1) is 11.3 Å². The van der Waals surface area contributed by atoms with Gasteiger partial charge in [0.2, 0.25) is 0 Å². The Hall–Kier alpha value is -1.48. The summed E-state index contributed by atoms with van der Waals surface area (Å²) in [7, 11) is 0. The van der Waals surface area contributed by atoms with Crippen molar-refractivity contribution in [2.75, 3.05) is 5.73 Å². The predicted octanol–water partition coefficient (Wildman–Crippen LogP) is 4.27. The number of rotatable bonds is 2.